The SMILES string of the molecule is C=CCNS(=O)(=O)Cc1ccccc1Cl. The Morgan fingerprint density at radius 2 is 2.07 bits per heavy atom. The Morgan fingerprint density at radius 1 is 1.40 bits per heavy atom. The molecule has 0 aliphatic rings. The molecule has 1 aromatic carbocycles. The normalized spacial score (nSPS) is 11.3. The molecule has 1 aromatic rings. The van der Waals surface area contributed by atoms with Crippen LogP contribution in [0.5, 0.6) is 0 Å². The van der Waals surface area contributed by atoms with Gasteiger partial charge in [0.15, 0.2) is 0 Å². The highest BCUT2D eigenvalue weighted by Crippen LogP contribution is 2.16. The Bertz CT molecular complexity index is 442. The molecule has 1 N–H and O–H groups in total. The first kappa shape index (κ1) is 12.2. The first-order valence-corrected chi connectivity index (χ1v) is 6.40. The van der Waals surface area contributed by atoms with Gasteiger partial charge in [0.25, 0.3) is 0 Å². The van der Waals surface area contributed by atoms with Gasteiger partial charge < -0.3 is 0 Å². The molecule has 15 heavy (non-hydrogen) atoms. The molecule has 0 unspecified atom stereocenters. The molecule has 1 rings (SSSR count). The molecule has 0 aliphatic heterocycles. The van der Waals surface area contributed by atoms with E-state index in [1.165, 1.54) is 6.08 Å². The third-order valence-electron chi connectivity index (χ3n) is 1.75. The lowest BCUT2D eigenvalue weighted by Crippen LogP contribution is -2.25. The molecule has 82 valence electrons. The molecular weight excluding hydrogens is 234 g/mol. The van der Waals surface area contributed by atoms with Crippen molar-refractivity contribution in [2.24, 2.45) is 0 Å². The fourth-order valence-corrected chi connectivity index (χ4v) is 2.47. The maximum atomic E-state index is 11.5. The third kappa shape index (κ3) is 4.03. The van der Waals surface area contributed by atoms with Gasteiger partial charge in [-0.2, -0.15) is 0 Å². The summed E-state index contributed by atoms with van der Waals surface area (Å²) >= 11 is 5.85. The van der Waals surface area contributed by atoms with E-state index in [0.717, 1.165) is 0 Å². The lowest BCUT2D eigenvalue weighted by Gasteiger charge is -2.05. The Morgan fingerprint density at radius 3 is 2.67 bits per heavy atom. The minimum Gasteiger partial charge on any atom is -0.212 e. The smallest absolute Gasteiger partial charge is 0.212 e. The highest BCUT2D eigenvalue weighted by molar-refractivity contribution is 7.88. The average molecular weight is 246 g/mol. The van der Waals surface area contributed by atoms with Crippen LogP contribution in [-0.2, 0) is 15.8 Å². The van der Waals surface area contributed by atoms with Gasteiger partial charge in [-0.25, -0.2) is 13.1 Å². The molecule has 0 bridgehead atoms. The molecule has 0 aliphatic carbocycles. The minimum absolute atomic E-state index is 0.111. The van der Waals surface area contributed by atoms with Crippen molar-refractivity contribution in [3.05, 3.63) is 47.5 Å². The Labute approximate surface area is 94.8 Å². The zero-order valence-electron chi connectivity index (χ0n) is 8.11. The molecule has 0 atom stereocenters. The maximum Gasteiger partial charge on any atom is 0.216 e. The molecule has 0 radical (unpaired) electrons. The summed E-state index contributed by atoms with van der Waals surface area (Å²) in [5.74, 6) is -0.111. The zero-order chi connectivity index (χ0) is 11.3. The van der Waals surface area contributed by atoms with Gasteiger partial charge in [-0.3, -0.25) is 0 Å². The van der Waals surface area contributed by atoms with Crippen LogP contribution < -0.4 is 4.72 Å². The van der Waals surface area contributed by atoms with E-state index < -0.39 is 10.0 Å². The van der Waals surface area contributed by atoms with Crippen LogP contribution in [0.3, 0.4) is 0 Å². The number of rotatable bonds is 5. The molecule has 0 fully saturated rings. The first-order chi connectivity index (χ1) is 7.05. The van der Waals surface area contributed by atoms with Crippen LogP contribution in [-0.4, -0.2) is 15.0 Å². The van der Waals surface area contributed by atoms with Crippen molar-refractivity contribution in [2.75, 3.05) is 6.54 Å². The van der Waals surface area contributed by atoms with E-state index in [0.29, 0.717) is 10.6 Å². The number of nitrogens with one attached hydrogen (secondary N) is 1. The summed E-state index contributed by atoms with van der Waals surface area (Å²) in [7, 11) is -3.32. The largest absolute Gasteiger partial charge is 0.216 e. The van der Waals surface area contributed by atoms with Crippen LogP contribution in [0.4, 0.5) is 0 Å². The van der Waals surface area contributed by atoms with Crippen molar-refractivity contribution >= 4 is 21.6 Å². The predicted octanol–water partition coefficient (Wildman–Crippen LogP) is 1.95. The summed E-state index contributed by atoms with van der Waals surface area (Å²) in [6, 6.07) is 6.87. The fraction of sp³-hybridized carbons (Fsp3) is 0.200. The molecule has 0 saturated carbocycles. The second-order valence-electron chi connectivity index (χ2n) is 2.99. The number of halogens is 1. The Hall–Kier alpha value is -0.840. The van der Waals surface area contributed by atoms with Gasteiger partial charge in [-0.1, -0.05) is 35.9 Å². The van der Waals surface area contributed by atoms with Crippen LogP contribution in [0.25, 0.3) is 0 Å². The number of hydrogen-bond acceptors (Lipinski definition) is 2. The van der Waals surface area contributed by atoms with E-state index >= 15 is 0 Å². The van der Waals surface area contributed by atoms with Gasteiger partial charge in [-0.15, -0.1) is 6.58 Å². The number of sulfonamides is 1. The summed E-state index contributed by atoms with van der Waals surface area (Å²) in [6.07, 6.45) is 1.49. The van der Waals surface area contributed by atoms with Gasteiger partial charge in [0.2, 0.25) is 10.0 Å². The standard InChI is InChI=1S/C10H12ClNO2S/c1-2-7-12-15(13,14)8-9-5-3-4-6-10(9)11/h2-6,12H,1,7-8H2. The van der Waals surface area contributed by atoms with Gasteiger partial charge in [-0.05, 0) is 11.6 Å². The summed E-state index contributed by atoms with van der Waals surface area (Å²) < 4.78 is 25.4. The number of benzene rings is 1. The van der Waals surface area contributed by atoms with Crippen molar-refractivity contribution in [3.63, 3.8) is 0 Å². The lowest BCUT2D eigenvalue weighted by molar-refractivity contribution is 0.585. The van der Waals surface area contributed by atoms with Gasteiger partial charge >= 0.3 is 0 Å². The highest BCUT2D eigenvalue weighted by atomic mass is 35.5. The van der Waals surface area contributed by atoms with Crippen LogP contribution in [0.2, 0.25) is 5.02 Å². The van der Waals surface area contributed by atoms with Gasteiger partial charge in [0.1, 0.15) is 0 Å². The molecule has 3 nitrogen and oxygen atoms in total. The molecular formula is C10H12ClNO2S. The van der Waals surface area contributed by atoms with Crippen LogP contribution >= 0.6 is 11.6 Å². The lowest BCUT2D eigenvalue weighted by atomic mass is 10.2. The quantitative estimate of drug-likeness (QED) is 0.806. The summed E-state index contributed by atoms with van der Waals surface area (Å²) in [4.78, 5) is 0. The monoisotopic (exact) mass is 245 g/mol. The van der Waals surface area contributed by atoms with Gasteiger partial charge in [0, 0.05) is 11.6 Å². The van der Waals surface area contributed by atoms with Crippen molar-refractivity contribution in [2.45, 2.75) is 5.75 Å². The third-order valence-corrected chi connectivity index (χ3v) is 3.42. The van der Waals surface area contributed by atoms with Crippen LogP contribution in [0, 0.1) is 0 Å². The summed E-state index contributed by atoms with van der Waals surface area (Å²) in [5, 5.41) is 0.460. The van der Waals surface area contributed by atoms with E-state index in [-0.39, 0.29) is 12.3 Å². The van der Waals surface area contributed by atoms with E-state index in [4.69, 9.17) is 11.6 Å². The van der Waals surface area contributed by atoms with Gasteiger partial charge in [0.05, 0.1) is 5.75 Å². The van der Waals surface area contributed by atoms with Crippen molar-refractivity contribution in [3.8, 4) is 0 Å². The predicted molar refractivity (Wildman–Crippen MR) is 62.3 cm³/mol. The second kappa shape index (κ2) is 5.30. The van der Waals surface area contributed by atoms with Crippen molar-refractivity contribution in [1.82, 2.24) is 4.72 Å². The molecule has 0 spiro atoms. The van der Waals surface area contributed by atoms with Crippen molar-refractivity contribution in [1.29, 1.82) is 0 Å². The topological polar surface area (TPSA) is 46.2 Å². The average Bonchev–Trinajstić information content (AvgIpc) is 2.18. The van der Waals surface area contributed by atoms with Crippen LogP contribution in [0.15, 0.2) is 36.9 Å². The molecule has 0 amide bonds. The maximum absolute atomic E-state index is 11.5. The molecule has 0 heterocycles. The highest BCUT2D eigenvalue weighted by Gasteiger charge is 2.11. The molecule has 0 aromatic heterocycles. The Kier molecular flexibility index (Phi) is 4.32. The van der Waals surface area contributed by atoms with Crippen molar-refractivity contribution < 1.29 is 8.42 Å². The van der Waals surface area contributed by atoms with E-state index in [1.54, 1.807) is 24.3 Å². The second-order valence-corrected chi connectivity index (χ2v) is 5.20. The zero-order valence-corrected chi connectivity index (χ0v) is 9.68. The molecule has 5 heteroatoms. The van der Waals surface area contributed by atoms with E-state index in [1.807, 2.05) is 0 Å². The summed E-state index contributed by atoms with van der Waals surface area (Å²) in [6.45, 7) is 3.66. The number of hydrogen-bond donors (Lipinski definition) is 1. The first-order valence-electron chi connectivity index (χ1n) is 4.37. The Balaban J connectivity index is 2.78. The van der Waals surface area contributed by atoms with E-state index in [9.17, 15) is 8.42 Å². The van der Waals surface area contributed by atoms with Crippen LogP contribution in [0.1, 0.15) is 5.56 Å². The molecule has 0 saturated heterocycles. The minimum atomic E-state index is -3.32. The fourth-order valence-electron chi connectivity index (χ4n) is 1.06. The summed E-state index contributed by atoms with van der Waals surface area (Å²) in [5.41, 5.74) is 0.593. The van der Waals surface area contributed by atoms with E-state index in [2.05, 4.69) is 11.3 Å².